The molecule has 78 valence electrons. The van der Waals surface area contributed by atoms with Crippen molar-refractivity contribution in [1.82, 2.24) is 0 Å². The number of thiophene rings is 1. The summed E-state index contributed by atoms with van der Waals surface area (Å²) in [7, 11) is 0. The van der Waals surface area contributed by atoms with Crippen LogP contribution in [0.4, 0.5) is 0 Å². The van der Waals surface area contributed by atoms with Crippen molar-refractivity contribution in [2.24, 2.45) is 5.73 Å². The average molecular weight is 276 g/mol. The molecule has 0 aliphatic carbocycles. The quantitative estimate of drug-likeness (QED) is 0.898. The lowest BCUT2D eigenvalue weighted by molar-refractivity contribution is -0.118. The lowest BCUT2D eigenvalue weighted by Crippen LogP contribution is -2.16. The first-order chi connectivity index (χ1) is 6.58. The van der Waals surface area contributed by atoms with Gasteiger partial charge in [-0.25, -0.2) is 0 Å². The summed E-state index contributed by atoms with van der Waals surface area (Å²) in [6, 6.07) is 4.08. The van der Waals surface area contributed by atoms with E-state index in [1.54, 1.807) is 11.3 Å². The van der Waals surface area contributed by atoms with Crippen molar-refractivity contribution < 1.29 is 4.79 Å². The molecule has 1 unspecified atom stereocenters. The minimum atomic E-state index is 0.119. The van der Waals surface area contributed by atoms with Gasteiger partial charge in [0.1, 0.15) is 5.78 Å². The van der Waals surface area contributed by atoms with Gasteiger partial charge in [0.05, 0.1) is 3.79 Å². The van der Waals surface area contributed by atoms with Gasteiger partial charge in [-0.2, -0.15) is 0 Å². The second-order valence-corrected chi connectivity index (χ2v) is 5.98. The molecule has 14 heavy (non-hydrogen) atoms. The lowest BCUT2D eigenvalue weighted by atomic mass is 10.1. The fourth-order valence-electron chi connectivity index (χ4n) is 1.12. The maximum Gasteiger partial charge on any atom is 0.138 e. The van der Waals surface area contributed by atoms with Crippen molar-refractivity contribution >= 4 is 33.0 Å². The van der Waals surface area contributed by atoms with Crippen LogP contribution in [0.3, 0.4) is 0 Å². The number of rotatable bonds is 5. The Bertz CT molecular complexity index is 309. The summed E-state index contributed by atoms with van der Waals surface area (Å²) in [5.74, 6) is 0.275. The Labute approximate surface area is 96.6 Å². The van der Waals surface area contributed by atoms with Gasteiger partial charge in [-0.05, 0) is 41.4 Å². The van der Waals surface area contributed by atoms with Crippen LogP contribution in [0.25, 0.3) is 0 Å². The van der Waals surface area contributed by atoms with Gasteiger partial charge < -0.3 is 5.73 Å². The van der Waals surface area contributed by atoms with E-state index in [1.807, 2.05) is 19.1 Å². The van der Waals surface area contributed by atoms with E-state index in [4.69, 9.17) is 5.73 Å². The third-order valence-corrected chi connectivity index (χ3v) is 3.50. The summed E-state index contributed by atoms with van der Waals surface area (Å²) in [6.45, 7) is 1.93. The molecule has 0 radical (unpaired) electrons. The Morgan fingerprint density at radius 3 is 2.86 bits per heavy atom. The number of ketones is 1. The first-order valence-electron chi connectivity index (χ1n) is 4.59. The van der Waals surface area contributed by atoms with Crippen LogP contribution in [0.15, 0.2) is 15.9 Å². The number of halogens is 1. The van der Waals surface area contributed by atoms with Crippen molar-refractivity contribution in [1.29, 1.82) is 0 Å². The number of hydrogen-bond donors (Lipinski definition) is 1. The van der Waals surface area contributed by atoms with E-state index in [0.717, 1.165) is 15.1 Å². The van der Waals surface area contributed by atoms with E-state index < -0.39 is 0 Å². The third-order valence-electron chi connectivity index (χ3n) is 1.88. The molecule has 2 N–H and O–H groups in total. The van der Waals surface area contributed by atoms with Crippen molar-refractivity contribution in [2.75, 3.05) is 0 Å². The molecule has 0 saturated heterocycles. The van der Waals surface area contributed by atoms with Gasteiger partial charge >= 0.3 is 0 Å². The molecule has 2 nitrogen and oxygen atoms in total. The molecule has 0 bridgehead atoms. The molecule has 0 amide bonds. The van der Waals surface area contributed by atoms with Gasteiger partial charge in [0.15, 0.2) is 0 Å². The third kappa shape index (κ3) is 4.35. The SMILES string of the molecule is CC(N)CCC(=O)Cc1ccc(Br)s1. The maximum absolute atomic E-state index is 11.5. The second-order valence-electron chi connectivity index (χ2n) is 3.44. The molecule has 0 spiro atoms. The van der Waals surface area contributed by atoms with E-state index in [2.05, 4.69) is 15.9 Å². The summed E-state index contributed by atoms with van der Waals surface area (Å²) in [6.07, 6.45) is 1.92. The largest absolute Gasteiger partial charge is 0.328 e. The van der Waals surface area contributed by atoms with E-state index in [-0.39, 0.29) is 11.8 Å². The molecule has 0 aromatic carbocycles. The van der Waals surface area contributed by atoms with Crippen LogP contribution in [0.2, 0.25) is 0 Å². The second kappa shape index (κ2) is 5.63. The smallest absolute Gasteiger partial charge is 0.138 e. The number of carbonyl (C=O) groups is 1. The topological polar surface area (TPSA) is 43.1 Å². The van der Waals surface area contributed by atoms with Crippen LogP contribution in [-0.4, -0.2) is 11.8 Å². The van der Waals surface area contributed by atoms with Gasteiger partial charge in [-0.1, -0.05) is 0 Å². The van der Waals surface area contributed by atoms with Crippen LogP contribution in [0, 0.1) is 0 Å². The van der Waals surface area contributed by atoms with Crippen LogP contribution < -0.4 is 5.73 Å². The zero-order valence-electron chi connectivity index (χ0n) is 8.13. The highest BCUT2D eigenvalue weighted by molar-refractivity contribution is 9.11. The van der Waals surface area contributed by atoms with Gasteiger partial charge in [-0.15, -0.1) is 11.3 Å². The van der Waals surface area contributed by atoms with E-state index in [9.17, 15) is 4.79 Å². The Kier molecular flexibility index (Phi) is 4.78. The van der Waals surface area contributed by atoms with E-state index >= 15 is 0 Å². The number of Topliss-reactive ketones (excluding diaryl/α,β-unsaturated/α-hetero) is 1. The van der Waals surface area contributed by atoms with Gasteiger partial charge in [0.25, 0.3) is 0 Å². The van der Waals surface area contributed by atoms with E-state index in [1.165, 1.54) is 0 Å². The molecule has 1 atom stereocenters. The van der Waals surface area contributed by atoms with Gasteiger partial charge in [-0.3, -0.25) is 4.79 Å². The van der Waals surface area contributed by atoms with Crippen LogP contribution in [0.5, 0.6) is 0 Å². The first-order valence-corrected chi connectivity index (χ1v) is 6.20. The summed E-state index contributed by atoms with van der Waals surface area (Å²) < 4.78 is 1.08. The van der Waals surface area contributed by atoms with Gasteiger partial charge in [0.2, 0.25) is 0 Å². The van der Waals surface area contributed by atoms with E-state index in [0.29, 0.717) is 12.8 Å². The minimum Gasteiger partial charge on any atom is -0.328 e. The molecule has 0 aliphatic rings. The van der Waals surface area contributed by atoms with Crippen molar-refractivity contribution in [3.63, 3.8) is 0 Å². The molecule has 1 rings (SSSR count). The Hall–Kier alpha value is -0.190. The zero-order chi connectivity index (χ0) is 10.6. The predicted molar refractivity (Wildman–Crippen MR) is 63.6 cm³/mol. The molecule has 1 aromatic heterocycles. The Morgan fingerprint density at radius 1 is 1.64 bits per heavy atom. The van der Waals surface area contributed by atoms with Gasteiger partial charge in [0, 0.05) is 23.8 Å². The molecular weight excluding hydrogens is 262 g/mol. The summed E-state index contributed by atoms with van der Waals surface area (Å²) in [4.78, 5) is 12.6. The molecule has 0 saturated carbocycles. The highest BCUT2D eigenvalue weighted by Gasteiger charge is 2.06. The highest BCUT2D eigenvalue weighted by atomic mass is 79.9. The Balaban J connectivity index is 2.34. The monoisotopic (exact) mass is 275 g/mol. The summed E-state index contributed by atoms with van der Waals surface area (Å²) in [5.41, 5.74) is 5.58. The number of nitrogens with two attached hydrogens (primary N) is 1. The minimum absolute atomic E-state index is 0.119. The zero-order valence-corrected chi connectivity index (χ0v) is 10.5. The molecule has 0 aliphatic heterocycles. The number of hydrogen-bond acceptors (Lipinski definition) is 3. The highest BCUT2D eigenvalue weighted by Crippen LogP contribution is 2.22. The fraction of sp³-hybridized carbons (Fsp3) is 0.500. The van der Waals surface area contributed by atoms with Crippen LogP contribution in [-0.2, 0) is 11.2 Å². The molecule has 0 fully saturated rings. The molecule has 1 heterocycles. The Morgan fingerprint density at radius 2 is 2.36 bits per heavy atom. The fourth-order valence-corrected chi connectivity index (χ4v) is 2.63. The molecular formula is C10H14BrNOS. The van der Waals surface area contributed by atoms with Crippen molar-refractivity contribution in [3.05, 3.63) is 20.8 Å². The lowest BCUT2D eigenvalue weighted by Gasteiger charge is -2.02. The van der Waals surface area contributed by atoms with Crippen molar-refractivity contribution in [3.8, 4) is 0 Å². The maximum atomic E-state index is 11.5. The summed E-state index contributed by atoms with van der Waals surface area (Å²) >= 11 is 4.99. The number of carbonyl (C=O) groups excluding carboxylic acids is 1. The normalized spacial score (nSPS) is 12.8. The van der Waals surface area contributed by atoms with Crippen LogP contribution >= 0.6 is 27.3 Å². The average Bonchev–Trinajstić information content (AvgIpc) is 2.48. The standard InChI is InChI=1S/C10H14BrNOS/c1-7(12)2-3-8(13)6-9-4-5-10(11)14-9/h4-5,7H,2-3,6,12H2,1H3. The van der Waals surface area contributed by atoms with Crippen LogP contribution in [0.1, 0.15) is 24.6 Å². The first kappa shape index (κ1) is 11.9. The molecule has 1 aromatic rings. The summed E-state index contributed by atoms with van der Waals surface area (Å²) in [5, 5.41) is 0. The molecule has 4 heteroatoms. The van der Waals surface area contributed by atoms with Crippen molar-refractivity contribution in [2.45, 2.75) is 32.2 Å². The predicted octanol–water partition coefficient (Wildman–Crippen LogP) is 2.75.